The molecule has 5 heteroatoms. The highest BCUT2D eigenvalue weighted by molar-refractivity contribution is 5.99. The van der Waals surface area contributed by atoms with Gasteiger partial charge in [-0.25, -0.2) is 9.98 Å². The van der Waals surface area contributed by atoms with Crippen LogP contribution in [0.2, 0.25) is 0 Å². The molecule has 1 aliphatic carbocycles. The summed E-state index contributed by atoms with van der Waals surface area (Å²) in [5.41, 5.74) is 8.54. The Morgan fingerprint density at radius 2 is 2.22 bits per heavy atom. The Kier molecular flexibility index (Phi) is 3.69. The molecule has 0 saturated carbocycles. The fraction of sp³-hybridized carbons (Fsp3) is 0.538. The largest absolute Gasteiger partial charge is 0.370 e. The molecule has 1 unspecified atom stereocenters. The van der Waals surface area contributed by atoms with Crippen LogP contribution in [0.1, 0.15) is 26.7 Å². The van der Waals surface area contributed by atoms with Crippen molar-refractivity contribution in [2.24, 2.45) is 15.7 Å². The number of hydrogen-bond donors (Lipinski definition) is 2. The molecule has 0 saturated heterocycles. The Morgan fingerprint density at radius 1 is 1.44 bits per heavy atom. The van der Waals surface area contributed by atoms with Crippen LogP contribution in [-0.2, 0) is 0 Å². The van der Waals surface area contributed by atoms with Gasteiger partial charge in [-0.2, -0.15) is 0 Å². The zero-order valence-electron chi connectivity index (χ0n) is 11.3. The zero-order chi connectivity index (χ0) is 13.1. The van der Waals surface area contributed by atoms with Gasteiger partial charge in [0.05, 0.1) is 0 Å². The normalized spacial score (nSPS) is 22.7. The predicted octanol–water partition coefficient (Wildman–Crippen LogP) is 1.20. The molecule has 1 aliphatic heterocycles. The van der Waals surface area contributed by atoms with Gasteiger partial charge in [0.1, 0.15) is 6.17 Å². The maximum Gasteiger partial charge on any atom is 0.202 e. The summed E-state index contributed by atoms with van der Waals surface area (Å²) in [5.74, 6) is 1.24. The van der Waals surface area contributed by atoms with E-state index >= 15 is 0 Å². The first-order valence-electron chi connectivity index (χ1n) is 6.31. The van der Waals surface area contributed by atoms with Crippen LogP contribution in [0.15, 0.2) is 33.3 Å². The Bertz CT molecular complexity index is 444. The van der Waals surface area contributed by atoms with Crippen molar-refractivity contribution in [2.75, 3.05) is 13.6 Å². The summed E-state index contributed by atoms with van der Waals surface area (Å²) in [6.07, 6.45) is 6.55. The monoisotopic (exact) mass is 247 g/mol. The molecule has 2 aliphatic rings. The van der Waals surface area contributed by atoms with Crippen molar-refractivity contribution in [3.8, 4) is 0 Å². The van der Waals surface area contributed by atoms with Crippen molar-refractivity contribution in [3.05, 3.63) is 23.3 Å². The third-order valence-electron chi connectivity index (χ3n) is 3.25. The third kappa shape index (κ3) is 2.91. The average Bonchev–Trinajstić information content (AvgIpc) is 2.70. The number of nitrogens with two attached hydrogens (primary N) is 1. The van der Waals surface area contributed by atoms with E-state index in [1.807, 2.05) is 14.0 Å². The summed E-state index contributed by atoms with van der Waals surface area (Å²) in [6, 6.07) is 0. The van der Waals surface area contributed by atoms with Gasteiger partial charge >= 0.3 is 0 Å². The van der Waals surface area contributed by atoms with Gasteiger partial charge < -0.3 is 10.6 Å². The summed E-state index contributed by atoms with van der Waals surface area (Å²) >= 11 is 0. The SMILES string of the molecule is CC1=CCC=C1CCN(C)C1=NC(C)N=C(N)N1. The second-order valence-corrected chi connectivity index (χ2v) is 4.75. The van der Waals surface area contributed by atoms with Crippen LogP contribution in [-0.4, -0.2) is 36.6 Å². The number of nitrogens with one attached hydrogen (secondary N) is 1. The number of nitrogens with zero attached hydrogens (tertiary/aromatic N) is 3. The molecule has 0 spiro atoms. The van der Waals surface area contributed by atoms with Crippen LogP contribution >= 0.6 is 0 Å². The van der Waals surface area contributed by atoms with Crippen LogP contribution in [0.3, 0.4) is 0 Å². The molecule has 1 atom stereocenters. The molecule has 98 valence electrons. The first kappa shape index (κ1) is 12.7. The highest BCUT2D eigenvalue weighted by atomic mass is 15.4. The summed E-state index contributed by atoms with van der Waals surface area (Å²) in [5, 5.41) is 3.00. The van der Waals surface area contributed by atoms with Gasteiger partial charge in [0.25, 0.3) is 0 Å². The molecular weight excluding hydrogens is 226 g/mol. The van der Waals surface area contributed by atoms with Gasteiger partial charge in [-0.3, -0.25) is 5.32 Å². The lowest BCUT2D eigenvalue weighted by molar-refractivity contribution is 0.486. The molecule has 0 aromatic carbocycles. The maximum absolute atomic E-state index is 5.70. The second-order valence-electron chi connectivity index (χ2n) is 4.75. The van der Waals surface area contributed by atoms with E-state index < -0.39 is 0 Å². The molecule has 0 radical (unpaired) electrons. The molecule has 5 nitrogen and oxygen atoms in total. The lowest BCUT2D eigenvalue weighted by Crippen LogP contribution is -2.48. The average molecular weight is 247 g/mol. The number of guanidine groups is 2. The highest BCUT2D eigenvalue weighted by Crippen LogP contribution is 2.21. The van der Waals surface area contributed by atoms with Gasteiger partial charge in [-0.1, -0.05) is 17.7 Å². The van der Waals surface area contributed by atoms with Gasteiger partial charge in [0, 0.05) is 13.6 Å². The molecule has 3 N–H and O–H groups in total. The number of hydrogen-bond acceptors (Lipinski definition) is 5. The van der Waals surface area contributed by atoms with Crippen molar-refractivity contribution < 1.29 is 0 Å². The highest BCUT2D eigenvalue weighted by Gasteiger charge is 2.15. The number of rotatable bonds is 3. The Morgan fingerprint density at radius 3 is 2.83 bits per heavy atom. The Balaban J connectivity index is 1.89. The van der Waals surface area contributed by atoms with E-state index in [1.165, 1.54) is 11.1 Å². The maximum atomic E-state index is 5.70. The van der Waals surface area contributed by atoms with Crippen LogP contribution in [0.25, 0.3) is 0 Å². The fourth-order valence-electron chi connectivity index (χ4n) is 2.14. The summed E-state index contributed by atoms with van der Waals surface area (Å²) in [6.45, 7) is 5.01. The van der Waals surface area contributed by atoms with Gasteiger partial charge in [-0.05, 0) is 32.3 Å². The van der Waals surface area contributed by atoms with E-state index in [9.17, 15) is 0 Å². The topological polar surface area (TPSA) is 66.0 Å². The standard InChI is InChI=1S/C13H21N5/c1-9-5-4-6-11(9)7-8-18(3)13-16-10(2)15-12(14)17-13/h5-6,10H,4,7-8H2,1-3H3,(H3,14,15,16,17). The lowest BCUT2D eigenvalue weighted by atomic mass is 10.1. The summed E-state index contributed by atoms with van der Waals surface area (Å²) < 4.78 is 0. The van der Waals surface area contributed by atoms with Crippen LogP contribution in [0, 0.1) is 0 Å². The minimum absolute atomic E-state index is 0.101. The smallest absolute Gasteiger partial charge is 0.202 e. The minimum atomic E-state index is -0.101. The third-order valence-corrected chi connectivity index (χ3v) is 3.25. The second kappa shape index (κ2) is 5.25. The molecule has 0 bridgehead atoms. The summed E-state index contributed by atoms with van der Waals surface area (Å²) in [4.78, 5) is 10.6. The fourth-order valence-corrected chi connectivity index (χ4v) is 2.14. The van der Waals surface area contributed by atoms with Crippen molar-refractivity contribution in [1.82, 2.24) is 10.2 Å². The van der Waals surface area contributed by atoms with E-state index in [0.717, 1.165) is 25.3 Å². The first-order valence-corrected chi connectivity index (χ1v) is 6.31. The quantitative estimate of drug-likeness (QED) is 0.787. The van der Waals surface area contributed by atoms with Gasteiger partial charge in [0.15, 0.2) is 5.96 Å². The van der Waals surface area contributed by atoms with E-state index in [1.54, 1.807) is 0 Å². The van der Waals surface area contributed by atoms with Crippen LogP contribution in [0.5, 0.6) is 0 Å². The molecule has 2 rings (SSSR count). The van der Waals surface area contributed by atoms with E-state index in [4.69, 9.17) is 5.73 Å². The number of aliphatic imine (C=N–C) groups is 2. The Labute approximate surface area is 108 Å². The first-order chi connectivity index (χ1) is 8.56. The van der Waals surface area contributed by atoms with E-state index in [0.29, 0.717) is 5.96 Å². The number of allylic oxidation sites excluding steroid dienone is 3. The molecule has 1 heterocycles. The van der Waals surface area contributed by atoms with Crippen molar-refractivity contribution in [3.63, 3.8) is 0 Å². The molecule has 0 fully saturated rings. The van der Waals surface area contributed by atoms with Crippen LogP contribution in [0.4, 0.5) is 0 Å². The van der Waals surface area contributed by atoms with Crippen molar-refractivity contribution in [2.45, 2.75) is 32.9 Å². The molecule has 18 heavy (non-hydrogen) atoms. The van der Waals surface area contributed by atoms with Gasteiger partial charge in [-0.15, -0.1) is 0 Å². The van der Waals surface area contributed by atoms with E-state index in [-0.39, 0.29) is 6.17 Å². The molecule has 0 aromatic heterocycles. The van der Waals surface area contributed by atoms with E-state index in [2.05, 4.69) is 39.3 Å². The lowest BCUT2D eigenvalue weighted by Gasteiger charge is -2.25. The van der Waals surface area contributed by atoms with Crippen LogP contribution < -0.4 is 11.1 Å². The molecule has 0 amide bonds. The summed E-state index contributed by atoms with van der Waals surface area (Å²) in [7, 11) is 2.02. The Hall–Kier alpha value is -1.78. The van der Waals surface area contributed by atoms with Crippen molar-refractivity contribution in [1.29, 1.82) is 0 Å². The van der Waals surface area contributed by atoms with Crippen molar-refractivity contribution >= 4 is 11.9 Å². The van der Waals surface area contributed by atoms with Gasteiger partial charge in [0.2, 0.25) is 5.96 Å². The molecular formula is C13H21N5. The molecule has 0 aromatic rings. The zero-order valence-corrected chi connectivity index (χ0v) is 11.3. The predicted molar refractivity (Wildman–Crippen MR) is 75.4 cm³/mol. The minimum Gasteiger partial charge on any atom is -0.370 e.